The zero-order chi connectivity index (χ0) is 38.7. The molecule has 0 saturated carbocycles. The van der Waals surface area contributed by atoms with Crippen LogP contribution in [0.3, 0.4) is 0 Å². The maximum absolute atomic E-state index is 2.23. The maximum Gasteiger partial charge on any atom is 0 e. The van der Waals surface area contributed by atoms with Gasteiger partial charge in [0.1, 0.15) is 0 Å². The third-order valence-electron chi connectivity index (χ3n) is 9.13. The van der Waals surface area contributed by atoms with Crippen LogP contribution in [-0.4, -0.2) is 0 Å². The molecule has 0 amide bonds. The summed E-state index contributed by atoms with van der Waals surface area (Å²) in [6.45, 7) is 0. The van der Waals surface area contributed by atoms with Crippen molar-refractivity contribution in [1.29, 1.82) is 0 Å². The zero-order valence-corrected chi connectivity index (χ0v) is 39.2. The quantitative estimate of drug-likeness (QED) is 0.0768. The van der Waals surface area contributed by atoms with Gasteiger partial charge in [-0.25, -0.2) is 0 Å². The van der Waals surface area contributed by atoms with E-state index < -0.39 is 23.8 Å². The van der Waals surface area contributed by atoms with Crippen molar-refractivity contribution in [3.8, 4) is 0 Å². The Morgan fingerprint density at radius 1 is 0.153 bits per heavy atom. The van der Waals surface area contributed by atoms with Crippen LogP contribution in [0.5, 0.6) is 0 Å². The molecular formula is C54H46IP3Rh. The van der Waals surface area contributed by atoms with Crippen LogP contribution in [0.1, 0.15) is 0 Å². The molecule has 0 aliphatic heterocycles. The summed E-state index contributed by atoms with van der Waals surface area (Å²) in [7, 11) is -1.34. The van der Waals surface area contributed by atoms with Gasteiger partial charge in [0.05, 0.1) is 0 Å². The van der Waals surface area contributed by atoms with Gasteiger partial charge < -0.3 is 0 Å². The molecule has 0 bridgehead atoms. The molecule has 1 radical (unpaired) electrons. The Hall–Kier alpha value is -4.38. The van der Waals surface area contributed by atoms with Gasteiger partial charge in [0.15, 0.2) is 0 Å². The summed E-state index contributed by atoms with van der Waals surface area (Å²) in [4.78, 5) is 0. The Kier molecular flexibility index (Phi) is 19.6. The molecule has 9 aromatic carbocycles. The molecule has 0 saturated heterocycles. The molecule has 5 heteroatoms. The molecule has 0 aliphatic carbocycles. The summed E-state index contributed by atoms with van der Waals surface area (Å²) >= 11 is 0. The standard InChI is InChI=1S/3C18H15P.HI.Rh/c3*1-4-10-16(11-5-1)19(17-12-6-2-7-13-17)18-14-8-3-9-15-18;;/h3*1-15H;1H;. The predicted octanol–water partition coefficient (Wildman–Crippen LogP) is 10.9. The first-order valence-corrected chi connectivity index (χ1v) is 23.2. The van der Waals surface area contributed by atoms with Crippen LogP contribution >= 0.6 is 47.7 Å². The molecule has 59 heavy (non-hydrogen) atoms. The average molecular weight is 1020 g/mol. The van der Waals surface area contributed by atoms with Crippen LogP contribution in [0, 0.1) is 0 Å². The third-order valence-corrected chi connectivity index (χ3v) is 16.5. The van der Waals surface area contributed by atoms with Gasteiger partial charge in [-0.2, -0.15) is 0 Å². The van der Waals surface area contributed by atoms with E-state index in [9.17, 15) is 0 Å². The molecule has 0 heterocycles. The SMILES string of the molecule is I.[Rh].c1ccc(P(c2ccccc2)c2ccccc2)cc1.c1ccc(P(c2ccccc2)c2ccccc2)cc1.c1ccc(P(c2ccccc2)c2ccccc2)cc1. The van der Waals surface area contributed by atoms with Gasteiger partial charge in [0, 0.05) is 19.5 Å². The fourth-order valence-corrected chi connectivity index (χ4v) is 13.5. The molecule has 0 spiro atoms. The number of rotatable bonds is 9. The Morgan fingerprint density at radius 3 is 0.322 bits per heavy atom. The zero-order valence-electron chi connectivity index (χ0n) is 32.6. The van der Waals surface area contributed by atoms with Crippen LogP contribution in [0.2, 0.25) is 0 Å². The monoisotopic (exact) mass is 1020 g/mol. The van der Waals surface area contributed by atoms with Gasteiger partial charge >= 0.3 is 0 Å². The first-order valence-electron chi connectivity index (χ1n) is 19.2. The molecule has 0 aliphatic rings. The fraction of sp³-hybridized carbons (Fsp3) is 0. The van der Waals surface area contributed by atoms with Gasteiger partial charge in [-0.05, 0) is 71.5 Å². The molecule has 9 rings (SSSR count). The largest absolute Gasteiger partial charge is 0.107 e. The normalized spacial score (nSPS) is 10.2. The van der Waals surface area contributed by atoms with Crippen LogP contribution in [0.15, 0.2) is 273 Å². The van der Waals surface area contributed by atoms with Crippen LogP contribution in [0.4, 0.5) is 0 Å². The summed E-state index contributed by atoms with van der Waals surface area (Å²) in [6.07, 6.45) is 0. The molecule has 0 atom stereocenters. The summed E-state index contributed by atoms with van der Waals surface area (Å²) in [5.41, 5.74) is 0. The van der Waals surface area contributed by atoms with Gasteiger partial charge in [-0.1, -0.05) is 273 Å². The number of benzene rings is 9. The topological polar surface area (TPSA) is 0 Å². The molecule has 9 aromatic rings. The van der Waals surface area contributed by atoms with E-state index >= 15 is 0 Å². The average Bonchev–Trinajstić information content (AvgIpc) is 3.30. The second-order valence-corrected chi connectivity index (χ2v) is 19.7. The molecule has 293 valence electrons. The van der Waals surface area contributed by atoms with Crippen molar-refractivity contribution >= 4 is 95.5 Å². The fourth-order valence-electron chi connectivity index (χ4n) is 6.54. The van der Waals surface area contributed by atoms with Crippen molar-refractivity contribution in [2.75, 3.05) is 0 Å². The van der Waals surface area contributed by atoms with E-state index in [1.165, 1.54) is 47.7 Å². The molecule has 0 nitrogen and oxygen atoms in total. The molecule has 0 fully saturated rings. The summed E-state index contributed by atoms with van der Waals surface area (Å²) in [6, 6.07) is 97.0. The minimum absolute atomic E-state index is 0. The smallest absolute Gasteiger partial charge is 0 e. The number of hydrogen-bond donors (Lipinski definition) is 0. The van der Waals surface area contributed by atoms with E-state index in [0.29, 0.717) is 0 Å². The van der Waals surface area contributed by atoms with E-state index in [4.69, 9.17) is 0 Å². The predicted molar refractivity (Wildman–Crippen MR) is 271 cm³/mol. The Bertz CT molecular complexity index is 1870. The number of halogens is 1. The third kappa shape index (κ3) is 13.3. The second-order valence-electron chi connectivity index (χ2n) is 13.0. The van der Waals surface area contributed by atoms with Gasteiger partial charge in [-0.15, -0.1) is 24.0 Å². The van der Waals surface area contributed by atoms with Crippen molar-refractivity contribution < 1.29 is 19.5 Å². The molecule has 0 aromatic heterocycles. The van der Waals surface area contributed by atoms with E-state index in [1.807, 2.05) is 0 Å². The van der Waals surface area contributed by atoms with E-state index in [2.05, 4.69) is 273 Å². The summed E-state index contributed by atoms with van der Waals surface area (Å²) in [5.74, 6) is 0. The summed E-state index contributed by atoms with van der Waals surface area (Å²) in [5, 5.41) is 12.6. The Labute approximate surface area is 384 Å². The van der Waals surface area contributed by atoms with E-state index in [0.717, 1.165) is 0 Å². The van der Waals surface area contributed by atoms with Crippen molar-refractivity contribution in [3.05, 3.63) is 273 Å². The first kappa shape index (κ1) is 45.7. The van der Waals surface area contributed by atoms with E-state index in [1.54, 1.807) is 0 Å². The summed E-state index contributed by atoms with van der Waals surface area (Å²) < 4.78 is 0. The van der Waals surface area contributed by atoms with Gasteiger partial charge in [0.2, 0.25) is 0 Å². The minimum Gasteiger partial charge on any atom is -0.107 e. The first-order chi connectivity index (χ1) is 28.3. The van der Waals surface area contributed by atoms with Crippen molar-refractivity contribution in [2.24, 2.45) is 0 Å². The number of hydrogen-bond acceptors (Lipinski definition) is 0. The maximum atomic E-state index is 2.23. The van der Waals surface area contributed by atoms with Crippen LogP contribution < -0.4 is 47.7 Å². The molecule has 0 unspecified atom stereocenters. The second kappa shape index (κ2) is 25.3. The van der Waals surface area contributed by atoms with Gasteiger partial charge in [0.25, 0.3) is 0 Å². The van der Waals surface area contributed by atoms with Crippen molar-refractivity contribution in [3.63, 3.8) is 0 Å². The van der Waals surface area contributed by atoms with Gasteiger partial charge in [-0.3, -0.25) is 0 Å². The van der Waals surface area contributed by atoms with Crippen molar-refractivity contribution in [1.82, 2.24) is 0 Å². The van der Waals surface area contributed by atoms with E-state index in [-0.39, 0.29) is 43.5 Å². The Morgan fingerprint density at radius 2 is 0.237 bits per heavy atom. The van der Waals surface area contributed by atoms with Crippen LogP contribution in [-0.2, 0) is 19.5 Å². The van der Waals surface area contributed by atoms with Crippen LogP contribution in [0.25, 0.3) is 0 Å². The van der Waals surface area contributed by atoms with Crippen molar-refractivity contribution in [2.45, 2.75) is 0 Å². The molecule has 0 N–H and O–H groups in total. The Balaban J connectivity index is 0.000000165. The minimum atomic E-state index is -0.446. The molecular weight excluding hydrogens is 971 g/mol.